The molecule has 0 bridgehead atoms. The van der Waals surface area contributed by atoms with Crippen LogP contribution >= 0.6 is 15.9 Å². The molecule has 1 saturated heterocycles. The van der Waals surface area contributed by atoms with E-state index in [2.05, 4.69) is 46.4 Å². The molecule has 1 aromatic carbocycles. The van der Waals surface area contributed by atoms with Crippen molar-refractivity contribution in [1.82, 2.24) is 4.90 Å². The van der Waals surface area contributed by atoms with E-state index in [1.54, 1.807) is 4.90 Å². The molecule has 2 rings (SSSR count). The fraction of sp³-hybridized carbons (Fsp3) is 0.588. The van der Waals surface area contributed by atoms with E-state index in [0.29, 0.717) is 6.04 Å². The minimum absolute atomic E-state index is 0.203. The summed E-state index contributed by atoms with van der Waals surface area (Å²) in [6.45, 7) is 9.25. The second kappa shape index (κ2) is 6.90. The van der Waals surface area contributed by atoms with Gasteiger partial charge < -0.3 is 15.0 Å². The molecule has 1 aromatic rings. The first-order valence-corrected chi connectivity index (χ1v) is 8.54. The minimum atomic E-state index is -0.429. The van der Waals surface area contributed by atoms with Gasteiger partial charge in [-0.05, 0) is 64.3 Å². The Kier molecular flexibility index (Phi) is 5.37. The third kappa shape index (κ3) is 4.90. The van der Waals surface area contributed by atoms with Gasteiger partial charge >= 0.3 is 6.09 Å². The van der Waals surface area contributed by atoms with Crippen LogP contribution in [0.4, 0.5) is 10.5 Å². The molecule has 1 amide bonds. The number of rotatable bonds is 2. The summed E-state index contributed by atoms with van der Waals surface area (Å²) in [5.41, 5.74) is 1.92. The zero-order chi connectivity index (χ0) is 16.3. The predicted octanol–water partition coefficient (Wildman–Crippen LogP) is 4.57. The van der Waals surface area contributed by atoms with E-state index in [4.69, 9.17) is 4.74 Å². The van der Waals surface area contributed by atoms with Crippen LogP contribution in [0.1, 0.15) is 39.2 Å². The van der Waals surface area contributed by atoms with Gasteiger partial charge in [-0.2, -0.15) is 0 Å². The Morgan fingerprint density at radius 3 is 2.50 bits per heavy atom. The molecule has 1 fully saturated rings. The van der Waals surface area contributed by atoms with Crippen LogP contribution in [-0.2, 0) is 4.74 Å². The quantitative estimate of drug-likeness (QED) is 0.830. The predicted molar refractivity (Wildman–Crippen MR) is 93.3 cm³/mol. The van der Waals surface area contributed by atoms with Crippen LogP contribution < -0.4 is 5.32 Å². The number of aryl methyl sites for hydroxylation is 1. The lowest BCUT2D eigenvalue weighted by Gasteiger charge is -2.34. The zero-order valence-electron chi connectivity index (χ0n) is 13.8. The van der Waals surface area contributed by atoms with Gasteiger partial charge in [-0.1, -0.05) is 15.9 Å². The van der Waals surface area contributed by atoms with Crippen LogP contribution in [0, 0.1) is 6.92 Å². The van der Waals surface area contributed by atoms with Crippen LogP contribution in [0.15, 0.2) is 22.7 Å². The smallest absolute Gasteiger partial charge is 0.410 e. The number of nitrogens with one attached hydrogen (secondary N) is 1. The molecule has 0 saturated carbocycles. The molecule has 1 heterocycles. The summed E-state index contributed by atoms with van der Waals surface area (Å²) in [6.07, 6.45) is 1.67. The summed E-state index contributed by atoms with van der Waals surface area (Å²) in [7, 11) is 0. The Morgan fingerprint density at radius 2 is 1.95 bits per heavy atom. The number of carbonyl (C=O) groups excluding carboxylic acids is 1. The molecule has 0 spiro atoms. The van der Waals surface area contributed by atoms with E-state index in [1.165, 1.54) is 5.56 Å². The second-order valence-electron chi connectivity index (χ2n) is 6.85. The molecule has 0 atom stereocenters. The van der Waals surface area contributed by atoms with Crippen molar-refractivity contribution in [3.63, 3.8) is 0 Å². The van der Waals surface area contributed by atoms with Gasteiger partial charge in [0.25, 0.3) is 0 Å². The fourth-order valence-corrected chi connectivity index (χ4v) is 2.75. The Labute approximate surface area is 141 Å². The molecule has 0 radical (unpaired) electrons. The van der Waals surface area contributed by atoms with Crippen LogP contribution in [0.2, 0.25) is 0 Å². The van der Waals surface area contributed by atoms with Gasteiger partial charge in [0.05, 0.1) is 0 Å². The number of ether oxygens (including phenoxy) is 1. The lowest BCUT2D eigenvalue weighted by atomic mass is 10.0. The lowest BCUT2D eigenvalue weighted by Crippen LogP contribution is -2.44. The van der Waals surface area contributed by atoms with Crippen molar-refractivity contribution in [2.75, 3.05) is 18.4 Å². The first kappa shape index (κ1) is 17.1. The molecular weight excluding hydrogens is 344 g/mol. The van der Waals surface area contributed by atoms with E-state index in [1.807, 2.05) is 20.8 Å². The molecule has 5 heteroatoms. The van der Waals surface area contributed by atoms with Gasteiger partial charge in [0, 0.05) is 29.3 Å². The summed E-state index contributed by atoms with van der Waals surface area (Å²) in [6, 6.07) is 6.69. The number of amides is 1. The molecule has 1 N–H and O–H groups in total. The van der Waals surface area contributed by atoms with Gasteiger partial charge in [0.1, 0.15) is 5.60 Å². The Morgan fingerprint density at radius 1 is 1.32 bits per heavy atom. The number of nitrogens with zero attached hydrogens (tertiary/aromatic N) is 1. The Hall–Kier alpha value is -1.23. The molecule has 0 aromatic heterocycles. The molecule has 122 valence electrons. The summed E-state index contributed by atoms with van der Waals surface area (Å²) in [5, 5.41) is 3.56. The van der Waals surface area contributed by atoms with Crippen molar-refractivity contribution in [2.45, 2.75) is 52.2 Å². The number of anilines is 1. The molecule has 4 nitrogen and oxygen atoms in total. The number of piperidine rings is 1. The Balaban J connectivity index is 1.84. The molecule has 1 aliphatic heterocycles. The van der Waals surface area contributed by atoms with E-state index < -0.39 is 5.60 Å². The molecule has 0 aliphatic carbocycles. The van der Waals surface area contributed by atoms with Gasteiger partial charge in [0.2, 0.25) is 0 Å². The fourth-order valence-electron chi connectivity index (χ4n) is 2.50. The number of benzene rings is 1. The van der Waals surface area contributed by atoms with Crippen LogP contribution in [-0.4, -0.2) is 35.7 Å². The highest BCUT2D eigenvalue weighted by Gasteiger charge is 2.26. The molecule has 22 heavy (non-hydrogen) atoms. The van der Waals surface area contributed by atoms with Crippen molar-refractivity contribution >= 4 is 27.7 Å². The lowest BCUT2D eigenvalue weighted by molar-refractivity contribution is 0.0210. The van der Waals surface area contributed by atoms with E-state index >= 15 is 0 Å². The molecule has 1 aliphatic rings. The maximum atomic E-state index is 12.0. The second-order valence-corrected chi connectivity index (χ2v) is 7.70. The standard InChI is InChI=1S/C17H25BrN2O2/c1-12-11-14(5-6-15(12)18)19-13-7-9-20(10-8-13)16(21)22-17(2,3)4/h5-6,11,13,19H,7-10H2,1-4H3. The topological polar surface area (TPSA) is 41.6 Å². The first-order chi connectivity index (χ1) is 10.2. The van der Waals surface area contributed by atoms with Crippen molar-refractivity contribution < 1.29 is 9.53 Å². The number of likely N-dealkylation sites (tertiary alicyclic amines) is 1. The molecule has 0 unspecified atom stereocenters. The van der Waals surface area contributed by atoms with Crippen molar-refractivity contribution in [3.8, 4) is 0 Å². The van der Waals surface area contributed by atoms with Gasteiger partial charge in [0.15, 0.2) is 0 Å². The zero-order valence-corrected chi connectivity index (χ0v) is 15.4. The average Bonchev–Trinajstić information content (AvgIpc) is 2.42. The average molecular weight is 369 g/mol. The van der Waals surface area contributed by atoms with E-state index in [0.717, 1.165) is 36.1 Å². The van der Waals surface area contributed by atoms with Gasteiger partial charge in [-0.25, -0.2) is 4.79 Å². The number of halogens is 1. The van der Waals surface area contributed by atoms with Gasteiger partial charge in [-0.15, -0.1) is 0 Å². The third-order valence-corrected chi connectivity index (χ3v) is 4.57. The van der Waals surface area contributed by atoms with Crippen molar-refractivity contribution in [2.24, 2.45) is 0 Å². The van der Waals surface area contributed by atoms with Crippen LogP contribution in [0.5, 0.6) is 0 Å². The van der Waals surface area contributed by atoms with Crippen LogP contribution in [0.3, 0.4) is 0 Å². The maximum Gasteiger partial charge on any atom is 0.410 e. The van der Waals surface area contributed by atoms with E-state index in [-0.39, 0.29) is 6.09 Å². The summed E-state index contributed by atoms with van der Waals surface area (Å²) in [5.74, 6) is 0. The van der Waals surface area contributed by atoms with Crippen molar-refractivity contribution in [1.29, 1.82) is 0 Å². The van der Waals surface area contributed by atoms with E-state index in [9.17, 15) is 4.79 Å². The minimum Gasteiger partial charge on any atom is -0.444 e. The number of hydrogen-bond donors (Lipinski definition) is 1. The highest BCUT2D eigenvalue weighted by Crippen LogP contribution is 2.23. The number of hydrogen-bond acceptors (Lipinski definition) is 3. The number of carbonyl (C=O) groups is 1. The van der Waals surface area contributed by atoms with Gasteiger partial charge in [-0.3, -0.25) is 0 Å². The normalized spacial score (nSPS) is 16.5. The van der Waals surface area contributed by atoms with Crippen molar-refractivity contribution in [3.05, 3.63) is 28.2 Å². The highest BCUT2D eigenvalue weighted by atomic mass is 79.9. The SMILES string of the molecule is Cc1cc(NC2CCN(C(=O)OC(C)(C)C)CC2)ccc1Br. The highest BCUT2D eigenvalue weighted by molar-refractivity contribution is 9.10. The monoisotopic (exact) mass is 368 g/mol. The summed E-state index contributed by atoms with van der Waals surface area (Å²) >= 11 is 3.52. The Bertz CT molecular complexity index is 532. The largest absolute Gasteiger partial charge is 0.444 e. The summed E-state index contributed by atoms with van der Waals surface area (Å²) in [4.78, 5) is 13.8. The maximum absolute atomic E-state index is 12.0. The summed E-state index contributed by atoms with van der Waals surface area (Å²) < 4.78 is 6.54. The third-order valence-electron chi connectivity index (χ3n) is 3.68. The molecular formula is C17H25BrN2O2. The first-order valence-electron chi connectivity index (χ1n) is 7.75. The van der Waals surface area contributed by atoms with Crippen LogP contribution in [0.25, 0.3) is 0 Å².